The number of nitrogens with one attached hydrogen (secondary N) is 3. The molecule has 3 N–H and O–H groups in total. The lowest BCUT2D eigenvalue weighted by Crippen LogP contribution is -2.39. The summed E-state index contributed by atoms with van der Waals surface area (Å²) in [5, 5.41) is 9.44. The van der Waals surface area contributed by atoms with Gasteiger partial charge in [0.15, 0.2) is 0 Å². The molecule has 0 spiro atoms. The first-order valence-electron chi connectivity index (χ1n) is 15.6. The van der Waals surface area contributed by atoms with E-state index in [1.165, 1.54) is 32.4 Å². The van der Waals surface area contributed by atoms with Crippen molar-refractivity contribution in [3.05, 3.63) is 137 Å². The predicted molar refractivity (Wildman–Crippen MR) is 188 cm³/mol. The lowest BCUT2D eigenvalue weighted by atomic mass is 10.0. The number of rotatable bonds is 15. The first-order chi connectivity index (χ1) is 22.9. The number of ether oxygens (including phenoxy) is 1. The maximum Gasteiger partial charge on any atom is 0.337 e. The van der Waals surface area contributed by atoms with E-state index in [1.807, 2.05) is 73.7 Å². The van der Waals surface area contributed by atoms with Gasteiger partial charge in [-0.25, -0.2) is 13.2 Å². The van der Waals surface area contributed by atoms with Gasteiger partial charge < -0.3 is 20.7 Å². The molecule has 0 saturated heterocycles. The summed E-state index contributed by atoms with van der Waals surface area (Å²) in [6, 6.07) is 30.2. The molecule has 0 aliphatic heterocycles. The van der Waals surface area contributed by atoms with Crippen molar-refractivity contribution in [3.63, 3.8) is 0 Å². The van der Waals surface area contributed by atoms with Gasteiger partial charge >= 0.3 is 5.97 Å². The van der Waals surface area contributed by atoms with Gasteiger partial charge in [-0.15, -0.1) is 0 Å². The molecule has 252 valence electrons. The van der Waals surface area contributed by atoms with Gasteiger partial charge in [0, 0.05) is 30.8 Å². The molecule has 0 aliphatic carbocycles. The molecule has 2 atom stereocenters. The van der Waals surface area contributed by atoms with Gasteiger partial charge in [-0.3, -0.25) is 13.9 Å². The van der Waals surface area contributed by atoms with Gasteiger partial charge in [-0.2, -0.15) is 0 Å². The van der Waals surface area contributed by atoms with Crippen LogP contribution in [0.15, 0.2) is 103 Å². The third-order valence-electron chi connectivity index (χ3n) is 7.96. The Morgan fingerprint density at radius 3 is 2.00 bits per heavy atom. The number of nitrogens with zero attached hydrogens (tertiary/aromatic N) is 1. The summed E-state index contributed by atoms with van der Waals surface area (Å²) in [7, 11) is -0.957. The number of benzene rings is 4. The van der Waals surface area contributed by atoms with Crippen LogP contribution in [0.3, 0.4) is 0 Å². The van der Waals surface area contributed by atoms with Crippen LogP contribution in [0.4, 0.5) is 5.69 Å². The molecule has 4 aromatic carbocycles. The largest absolute Gasteiger partial charge is 0.465 e. The van der Waals surface area contributed by atoms with Crippen molar-refractivity contribution in [1.29, 1.82) is 0 Å². The van der Waals surface area contributed by atoms with Crippen molar-refractivity contribution >= 4 is 33.5 Å². The Labute approximate surface area is 282 Å². The van der Waals surface area contributed by atoms with Crippen molar-refractivity contribution in [2.75, 3.05) is 31.3 Å². The van der Waals surface area contributed by atoms with E-state index in [9.17, 15) is 22.8 Å². The van der Waals surface area contributed by atoms with Crippen LogP contribution in [-0.2, 0) is 27.7 Å². The fourth-order valence-electron chi connectivity index (χ4n) is 5.18. The van der Waals surface area contributed by atoms with Gasteiger partial charge in [0.1, 0.15) is 0 Å². The molecule has 2 amide bonds. The highest BCUT2D eigenvalue weighted by Crippen LogP contribution is 2.22. The van der Waals surface area contributed by atoms with E-state index < -0.39 is 27.8 Å². The zero-order valence-corrected chi connectivity index (χ0v) is 28.4. The van der Waals surface area contributed by atoms with Gasteiger partial charge in [0.05, 0.1) is 30.7 Å². The second-order valence-electron chi connectivity index (χ2n) is 11.6. The molecular weight excluding hydrogens is 628 g/mol. The van der Waals surface area contributed by atoms with E-state index in [2.05, 4.69) is 16.0 Å². The van der Waals surface area contributed by atoms with E-state index in [-0.39, 0.29) is 28.9 Å². The third kappa shape index (κ3) is 10.2. The summed E-state index contributed by atoms with van der Waals surface area (Å²) in [5.74, 6) is -1.28. The fourth-order valence-corrected chi connectivity index (χ4v) is 5.67. The number of methoxy groups -OCH3 is 1. The molecule has 10 nitrogen and oxygen atoms in total. The Bertz CT molecular complexity index is 1820. The van der Waals surface area contributed by atoms with Crippen LogP contribution in [0.25, 0.3) is 0 Å². The maximum atomic E-state index is 13.8. The molecule has 0 unspecified atom stereocenters. The van der Waals surface area contributed by atoms with Crippen LogP contribution in [-0.4, -0.2) is 59.2 Å². The van der Waals surface area contributed by atoms with Gasteiger partial charge in [0.2, 0.25) is 10.0 Å². The molecule has 0 bridgehead atoms. The molecule has 4 rings (SSSR count). The van der Waals surface area contributed by atoms with E-state index in [4.69, 9.17) is 4.74 Å². The second-order valence-corrected chi connectivity index (χ2v) is 13.6. The lowest BCUT2D eigenvalue weighted by Gasteiger charge is -2.22. The second kappa shape index (κ2) is 16.7. The highest BCUT2D eigenvalue weighted by molar-refractivity contribution is 7.92. The monoisotopic (exact) mass is 670 g/mol. The summed E-state index contributed by atoms with van der Waals surface area (Å²) >= 11 is 0. The highest BCUT2D eigenvalue weighted by Gasteiger charge is 2.22. The minimum absolute atomic E-state index is 0.158. The molecule has 0 aliphatic rings. The molecule has 11 heteroatoms. The average molecular weight is 671 g/mol. The Hall–Kier alpha value is -5.00. The summed E-state index contributed by atoms with van der Waals surface area (Å²) in [5.41, 5.74) is 3.84. The number of hydrogen-bond acceptors (Lipinski definition) is 7. The molecule has 0 aromatic heterocycles. The lowest BCUT2D eigenvalue weighted by molar-refractivity contribution is 0.0600. The molecule has 0 heterocycles. The van der Waals surface area contributed by atoms with Crippen LogP contribution in [0.5, 0.6) is 0 Å². The van der Waals surface area contributed by atoms with Crippen molar-refractivity contribution in [1.82, 2.24) is 16.0 Å². The van der Waals surface area contributed by atoms with Gasteiger partial charge in [-0.1, -0.05) is 72.8 Å². The third-order valence-corrected chi connectivity index (χ3v) is 9.16. The van der Waals surface area contributed by atoms with E-state index in [1.54, 1.807) is 18.2 Å². The Kier molecular flexibility index (Phi) is 12.5. The minimum Gasteiger partial charge on any atom is -0.465 e. The number of anilines is 1. The quantitative estimate of drug-likeness (QED) is 0.121. The van der Waals surface area contributed by atoms with Crippen molar-refractivity contribution in [3.8, 4) is 0 Å². The number of carbonyl (C=O) groups excluding carboxylic acids is 3. The van der Waals surface area contributed by atoms with E-state index >= 15 is 0 Å². The van der Waals surface area contributed by atoms with Crippen molar-refractivity contribution < 1.29 is 27.5 Å². The molecule has 48 heavy (non-hydrogen) atoms. The van der Waals surface area contributed by atoms with Crippen LogP contribution in [0.1, 0.15) is 67.2 Å². The number of amides is 2. The summed E-state index contributed by atoms with van der Waals surface area (Å²) < 4.78 is 30.8. The summed E-state index contributed by atoms with van der Waals surface area (Å²) in [6.45, 7) is 2.92. The zero-order chi connectivity index (χ0) is 34.7. The van der Waals surface area contributed by atoms with Crippen LogP contribution < -0.4 is 20.3 Å². The van der Waals surface area contributed by atoms with Crippen LogP contribution in [0, 0.1) is 0 Å². The molecule has 4 aromatic rings. The van der Waals surface area contributed by atoms with E-state index in [0.717, 1.165) is 27.3 Å². The summed E-state index contributed by atoms with van der Waals surface area (Å²) in [6.07, 6.45) is 2.19. The highest BCUT2D eigenvalue weighted by atomic mass is 32.2. The number of carbonyl (C=O) groups is 3. The Morgan fingerprint density at radius 1 is 0.771 bits per heavy atom. The number of hydrogen-bond donors (Lipinski definition) is 3. The number of sulfonamides is 1. The van der Waals surface area contributed by atoms with Crippen molar-refractivity contribution in [2.45, 2.75) is 38.4 Å². The SMILES string of the molecule is COC(=O)c1cccc(CNCC[C@H](Cc2ccccc2)NC(=O)c2cc(C(=O)N[C@H](C)c3ccccc3)cc(N(C)S(C)(=O)=O)c2)c1. The standard InChI is InChI=1S/C37H42N4O6S/c1-26(29-15-9-6-10-16-29)39-35(42)31-22-32(24-34(23-31)41(2)48(4,45)46)36(43)40-33(21-27-12-7-5-8-13-27)18-19-38-25-28-14-11-17-30(20-28)37(44)47-3/h5-17,20,22-24,26,33,38H,18-19,21,25H2,1-4H3,(H,39,42)(H,40,43)/t26-,33-/m1/s1. The number of esters is 1. The fraction of sp³-hybridized carbons (Fsp3) is 0.270. The molecule has 0 saturated carbocycles. The molecule has 0 fully saturated rings. The Morgan fingerprint density at radius 2 is 1.38 bits per heavy atom. The zero-order valence-electron chi connectivity index (χ0n) is 27.6. The van der Waals surface area contributed by atoms with E-state index in [0.29, 0.717) is 31.5 Å². The molecular formula is C37H42N4O6S. The average Bonchev–Trinajstić information content (AvgIpc) is 3.09. The normalized spacial score (nSPS) is 12.4. The Balaban J connectivity index is 1.53. The molecule has 0 radical (unpaired) electrons. The minimum atomic E-state index is -3.68. The van der Waals surface area contributed by atoms with Gasteiger partial charge in [-0.05, 0) is 73.3 Å². The summed E-state index contributed by atoms with van der Waals surface area (Å²) in [4.78, 5) is 39.1. The van der Waals surface area contributed by atoms with Crippen LogP contribution >= 0.6 is 0 Å². The topological polar surface area (TPSA) is 134 Å². The smallest absolute Gasteiger partial charge is 0.337 e. The maximum absolute atomic E-state index is 13.8. The van der Waals surface area contributed by atoms with Gasteiger partial charge in [0.25, 0.3) is 11.8 Å². The first kappa shape index (κ1) is 35.8. The first-order valence-corrected chi connectivity index (χ1v) is 17.5. The van der Waals surface area contributed by atoms with Crippen LogP contribution in [0.2, 0.25) is 0 Å². The predicted octanol–water partition coefficient (Wildman–Crippen LogP) is 4.88. The van der Waals surface area contributed by atoms with Crippen molar-refractivity contribution in [2.24, 2.45) is 0 Å².